The van der Waals surface area contributed by atoms with Crippen LogP contribution in [0.15, 0.2) is 36.7 Å². The Morgan fingerprint density at radius 1 is 1.33 bits per heavy atom. The minimum atomic E-state index is -0.558. The molecular formula is C17H19FN4O2. The van der Waals surface area contributed by atoms with Crippen LogP contribution < -0.4 is 5.32 Å². The van der Waals surface area contributed by atoms with Crippen LogP contribution in [0.1, 0.15) is 24.6 Å². The van der Waals surface area contributed by atoms with Crippen LogP contribution >= 0.6 is 0 Å². The lowest BCUT2D eigenvalue weighted by Gasteiger charge is -2.31. The fraction of sp³-hybridized carbons (Fsp3) is 0.412. The Hall–Kier alpha value is -2.25. The molecule has 3 heterocycles. The molecular weight excluding hydrogens is 311 g/mol. The number of rotatable bonds is 2. The Morgan fingerprint density at radius 3 is 2.83 bits per heavy atom. The second kappa shape index (κ2) is 5.68. The summed E-state index contributed by atoms with van der Waals surface area (Å²) in [4.78, 5) is 14.4. The maximum Gasteiger partial charge on any atom is 0.244 e. The highest BCUT2D eigenvalue weighted by Gasteiger charge is 2.50. The van der Waals surface area contributed by atoms with E-state index < -0.39 is 5.54 Å². The van der Waals surface area contributed by atoms with E-state index in [2.05, 4.69) is 10.4 Å². The molecule has 4 rings (SSSR count). The highest BCUT2D eigenvalue weighted by Crippen LogP contribution is 2.35. The van der Waals surface area contributed by atoms with Crippen molar-refractivity contribution >= 4 is 5.91 Å². The molecule has 1 atom stereocenters. The van der Waals surface area contributed by atoms with E-state index in [0.29, 0.717) is 31.7 Å². The molecule has 1 amide bonds. The number of para-hydroxylation sites is 1. The van der Waals surface area contributed by atoms with Crippen molar-refractivity contribution in [2.75, 3.05) is 20.3 Å². The first-order chi connectivity index (χ1) is 11.6. The Bertz CT molecular complexity index is 769. The molecule has 1 aromatic heterocycles. The summed E-state index contributed by atoms with van der Waals surface area (Å²) in [6, 6.07) is 6.48. The number of ether oxygens (including phenoxy) is 1. The maximum absolute atomic E-state index is 13.9. The van der Waals surface area contributed by atoms with E-state index in [-0.39, 0.29) is 17.9 Å². The van der Waals surface area contributed by atoms with Crippen LogP contribution in [0.25, 0.3) is 5.69 Å². The number of likely N-dealkylation sites (N-methyl/N-ethyl adjacent to an activating group) is 1. The first-order valence-electron chi connectivity index (χ1n) is 8.03. The molecule has 126 valence electrons. The van der Waals surface area contributed by atoms with E-state index in [1.165, 1.54) is 10.7 Å². The number of amides is 1. The largest absolute Gasteiger partial charge is 0.381 e. The topological polar surface area (TPSA) is 59.4 Å². The van der Waals surface area contributed by atoms with Crippen LogP contribution in [0, 0.1) is 5.82 Å². The van der Waals surface area contributed by atoms with Crippen LogP contribution in [-0.2, 0) is 9.53 Å². The number of hydrogen-bond acceptors (Lipinski definition) is 4. The minimum Gasteiger partial charge on any atom is -0.381 e. The fourth-order valence-electron chi connectivity index (χ4n) is 3.51. The van der Waals surface area contributed by atoms with Crippen LogP contribution in [0.4, 0.5) is 4.39 Å². The zero-order valence-corrected chi connectivity index (χ0v) is 13.4. The number of nitrogens with one attached hydrogen (secondary N) is 1. The van der Waals surface area contributed by atoms with Gasteiger partial charge in [0, 0.05) is 32.0 Å². The molecule has 0 saturated carbocycles. The summed E-state index contributed by atoms with van der Waals surface area (Å²) < 4.78 is 20.8. The average Bonchev–Trinajstić information content (AvgIpc) is 3.16. The van der Waals surface area contributed by atoms with Gasteiger partial charge in [-0.3, -0.25) is 10.1 Å². The molecule has 2 saturated heterocycles. The fourth-order valence-corrected chi connectivity index (χ4v) is 3.51. The summed E-state index contributed by atoms with van der Waals surface area (Å²) in [5.74, 6) is -0.258. The lowest BCUT2D eigenvalue weighted by atomic mass is 9.90. The number of hydrogen-bond donors (Lipinski definition) is 1. The summed E-state index contributed by atoms with van der Waals surface area (Å²) in [6.45, 7) is 1.15. The molecule has 6 nitrogen and oxygen atoms in total. The van der Waals surface area contributed by atoms with Crippen LogP contribution in [0.2, 0.25) is 0 Å². The molecule has 1 N–H and O–H groups in total. The Kier molecular flexibility index (Phi) is 3.62. The van der Waals surface area contributed by atoms with E-state index in [1.807, 2.05) is 0 Å². The first-order valence-corrected chi connectivity index (χ1v) is 8.03. The van der Waals surface area contributed by atoms with Crippen molar-refractivity contribution in [1.82, 2.24) is 20.0 Å². The highest BCUT2D eigenvalue weighted by molar-refractivity contribution is 5.89. The van der Waals surface area contributed by atoms with Crippen LogP contribution in [0.5, 0.6) is 0 Å². The van der Waals surface area contributed by atoms with E-state index in [0.717, 1.165) is 5.56 Å². The van der Waals surface area contributed by atoms with Crippen molar-refractivity contribution in [2.24, 2.45) is 0 Å². The highest BCUT2D eigenvalue weighted by atomic mass is 19.1. The number of benzene rings is 1. The van der Waals surface area contributed by atoms with E-state index in [9.17, 15) is 9.18 Å². The molecule has 2 aromatic rings. The zero-order chi connectivity index (χ0) is 16.7. The van der Waals surface area contributed by atoms with Crippen molar-refractivity contribution in [3.8, 4) is 5.69 Å². The quantitative estimate of drug-likeness (QED) is 0.909. The van der Waals surface area contributed by atoms with Gasteiger partial charge in [0.05, 0.1) is 6.20 Å². The van der Waals surface area contributed by atoms with Crippen molar-refractivity contribution in [3.63, 3.8) is 0 Å². The van der Waals surface area contributed by atoms with Crippen molar-refractivity contribution in [2.45, 2.75) is 24.5 Å². The summed E-state index contributed by atoms with van der Waals surface area (Å²) in [6.07, 6.45) is 4.49. The van der Waals surface area contributed by atoms with Crippen molar-refractivity contribution in [1.29, 1.82) is 0 Å². The molecule has 2 aliphatic rings. The van der Waals surface area contributed by atoms with E-state index >= 15 is 0 Å². The van der Waals surface area contributed by atoms with Gasteiger partial charge in [-0.2, -0.15) is 5.10 Å². The number of carbonyl (C=O) groups is 1. The Morgan fingerprint density at radius 2 is 2.08 bits per heavy atom. The molecule has 7 heteroatoms. The standard InChI is InChI=1S/C17H19FN4O2/c1-21-15(20-17(16(21)23)6-8-24-9-7-17)12-10-19-22(11-12)14-5-3-2-4-13(14)18/h2-5,10-11,15,20H,6-9H2,1H3. The first kappa shape index (κ1) is 15.3. The van der Waals surface area contributed by atoms with Gasteiger partial charge in [0.1, 0.15) is 23.2 Å². The second-order valence-corrected chi connectivity index (χ2v) is 6.33. The van der Waals surface area contributed by atoms with Gasteiger partial charge in [-0.15, -0.1) is 0 Å². The average molecular weight is 330 g/mol. The lowest BCUT2D eigenvalue weighted by Crippen LogP contribution is -2.50. The minimum absolute atomic E-state index is 0.0782. The second-order valence-electron chi connectivity index (χ2n) is 6.33. The van der Waals surface area contributed by atoms with Gasteiger partial charge in [-0.1, -0.05) is 12.1 Å². The SMILES string of the molecule is CN1C(=O)C2(CCOCC2)NC1c1cnn(-c2ccccc2F)c1. The third-order valence-corrected chi connectivity index (χ3v) is 4.89. The molecule has 2 aliphatic heterocycles. The van der Waals surface area contributed by atoms with Crippen LogP contribution in [-0.4, -0.2) is 46.4 Å². The molecule has 1 spiro atoms. The van der Waals surface area contributed by atoms with Crippen LogP contribution in [0.3, 0.4) is 0 Å². The third kappa shape index (κ3) is 2.32. The summed E-state index contributed by atoms with van der Waals surface area (Å²) >= 11 is 0. The van der Waals surface area contributed by atoms with Gasteiger partial charge in [0.15, 0.2) is 0 Å². The van der Waals surface area contributed by atoms with Gasteiger partial charge in [0.2, 0.25) is 5.91 Å². The summed E-state index contributed by atoms with van der Waals surface area (Å²) in [5.41, 5.74) is 0.659. The van der Waals surface area contributed by atoms with Gasteiger partial charge in [0.25, 0.3) is 0 Å². The number of nitrogens with zero attached hydrogens (tertiary/aromatic N) is 3. The van der Waals surface area contributed by atoms with E-state index in [1.54, 1.807) is 42.5 Å². The van der Waals surface area contributed by atoms with Gasteiger partial charge >= 0.3 is 0 Å². The summed E-state index contributed by atoms with van der Waals surface area (Å²) in [7, 11) is 1.78. The molecule has 0 radical (unpaired) electrons. The molecule has 1 aromatic carbocycles. The Balaban J connectivity index is 1.63. The van der Waals surface area contributed by atoms with Crippen molar-refractivity contribution < 1.29 is 13.9 Å². The molecule has 2 fully saturated rings. The van der Waals surface area contributed by atoms with Gasteiger partial charge in [-0.05, 0) is 25.0 Å². The molecule has 24 heavy (non-hydrogen) atoms. The van der Waals surface area contributed by atoms with Gasteiger partial charge in [-0.25, -0.2) is 9.07 Å². The zero-order valence-electron chi connectivity index (χ0n) is 13.4. The predicted molar refractivity (Wildman–Crippen MR) is 85.0 cm³/mol. The normalized spacial score (nSPS) is 23.2. The molecule has 1 unspecified atom stereocenters. The number of halogens is 1. The smallest absolute Gasteiger partial charge is 0.244 e. The van der Waals surface area contributed by atoms with Gasteiger partial charge < -0.3 is 9.64 Å². The summed E-state index contributed by atoms with van der Waals surface area (Å²) in [5, 5.41) is 7.71. The predicted octanol–water partition coefficient (Wildman–Crippen LogP) is 1.62. The number of carbonyl (C=O) groups excluding carboxylic acids is 1. The monoisotopic (exact) mass is 330 g/mol. The third-order valence-electron chi connectivity index (χ3n) is 4.89. The maximum atomic E-state index is 13.9. The lowest BCUT2D eigenvalue weighted by molar-refractivity contribution is -0.134. The molecule has 0 bridgehead atoms. The Labute approximate surface area is 139 Å². The molecule has 0 aliphatic carbocycles. The van der Waals surface area contributed by atoms with Crippen molar-refractivity contribution in [3.05, 3.63) is 48.0 Å². The van der Waals surface area contributed by atoms with E-state index in [4.69, 9.17) is 4.74 Å². The number of aromatic nitrogens is 2.